The summed E-state index contributed by atoms with van der Waals surface area (Å²) >= 11 is 0. The van der Waals surface area contributed by atoms with Crippen molar-refractivity contribution in [2.75, 3.05) is 5.32 Å². The molecule has 0 aliphatic heterocycles. The zero-order valence-electron chi connectivity index (χ0n) is 14.3. The van der Waals surface area contributed by atoms with Crippen LogP contribution in [-0.2, 0) is 0 Å². The number of rotatable bonds is 4. The molecule has 4 rings (SSSR count). The summed E-state index contributed by atoms with van der Waals surface area (Å²) in [7, 11) is 0. The van der Waals surface area contributed by atoms with Crippen LogP contribution in [0.15, 0.2) is 60.8 Å². The van der Waals surface area contributed by atoms with Crippen molar-refractivity contribution in [3.05, 3.63) is 76.5 Å². The minimum Gasteiger partial charge on any atom is -0.502 e. The highest BCUT2D eigenvalue weighted by Gasteiger charge is 2.16. The highest BCUT2D eigenvalue weighted by Crippen LogP contribution is 2.31. The Kier molecular flexibility index (Phi) is 4.17. The van der Waals surface area contributed by atoms with Gasteiger partial charge in [0.1, 0.15) is 11.6 Å². The van der Waals surface area contributed by atoms with E-state index in [1.807, 2.05) is 0 Å². The van der Waals surface area contributed by atoms with Crippen LogP contribution in [0.1, 0.15) is 10.4 Å². The normalized spacial score (nSPS) is 10.7. The minimum absolute atomic E-state index is 0.315. The van der Waals surface area contributed by atoms with Crippen molar-refractivity contribution in [2.24, 2.45) is 0 Å². The monoisotopic (exact) mass is 375 g/mol. The zero-order chi connectivity index (χ0) is 19.7. The molecule has 0 unspecified atom stereocenters. The van der Waals surface area contributed by atoms with Crippen molar-refractivity contribution in [2.45, 2.75) is 0 Å². The summed E-state index contributed by atoms with van der Waals surface area (Å²) < 4.78 is 0. The van der Waals surface area contributed by atoms with Gasteiger partial charge in [0.05, 0.1) is 16.0 Å². The molecule has 28 heavy (non-hydrogen) atoms. The number of nitrogens with zero attached hydrogens (tertiary/aromatic N) is 3. The van der Waals surface area contributed by atoms with Crippen LogP contribution in [0.4, 0.5) is 11.5 Å². The first-order valence-electron chi connectivity index (χ1n) is 8.21. The molecule has 2 aromatic heterocycles. The van der Waals surface area contributed by atoms with Gasteiger partial charge in [0, 0.05) is 23.4 Å². The average Bonchev–Trinajstić information content (AvgIpc) is 3.11. The van der Waals surface area contributed by atoms with Gasteiger partial charge in [0.2, 0.25) is 0 Å². The number of H-pyrrole nitrogens is 1. The second kappa shape index (κ2) is 6.80. The number of hydrogen-bond acceptors (Lipinski definition) is 6. The second-order valence-corrected chi connectivity index (χ2v) is 5.95. The summed E-state index contributed by atoms with van der Waals surface area (Å²) in [5.41, 5.74) is 1.75. The Hall–Kier alpha value is -4.27. The number of benzene rings is 2. The summed E-state index contributed by atoms with van der Waals surface area (Å²) in [6.45, 7) is 0. The molecule has 0 spiro atoms. The molecule has 1 amide bonds. The maximum atomic E-state index is 12.4. The maximum absolute atomic E-state index is 12.4. The third kappa shape index (κ3) is 3.23. The van der Waals surface area contributed by atoms with Gasteiger partial charge >= 0.3 is 5.69 Å². The summed E-state index contributed by atoms with van der Waals surface area (Å²) in [6, 6.07) is 14.2. The fraction of sp³-hybridized carbons (Fsp3) is 0. The van der Waals surface area contributed by atoms with E-state index in [0.717, 1.165) is 0 Å². The Labute approximate surface area is 157 Å². The van der Waals surface area contributed by atoms with Gasteiger partial charge in [0.15, 0.2) is 5.75 Å². The van der Waals surface area contributed by atoms with Crippen molar-refractivity contribution in [1.29, 1.82) is 0 Å². The van der Waals surface area contributed by atoms with Gasteiger partial charge in [-0.1, -0.05) is 6.07 Å². The van der Waals surface area contributed by atoms with Crippen molar-refractivity contribution in [3.63, 3.8) is 0 Å². The molecule has 138 valence electrons. The number of fused-ring (bicyclic) bond motifs is 1. The molecule has 4 aromatic rings. The number of anilines is 1. The Morgan fingerprint density at radius 3 is 2.71 bits per heavy atom. The second-order valence-electron chi connectivity index (χ2n) is 5.95. The van der Waals surface area contributed by atoms with Gasteiger partial charge in [-0.05, 0) is 42.5 Å². The van der Waals surface area contributed by atoms with Crippen molar-refractivity contribution in [1.82, 2.24) is 15.0 Å². The van der Waals surface area contributed by atoms with Gasteiger partial charge in [-0.2, -0.15) is 0 Å². The lowest BCUT2D eigenvalue weighted by atomic mass is 10.2. The Bertz CT molecular complexity index is 1200. The molecular formula is C19H13N5O4. The van der Waals surface area contributed by atoms with E-state index in [1.54, 1.807) is 42.6 Å². The first-order chi connectivity index (χ1) is 13.5. The lowest BCUT2D eigenvalue weighted by Gasteiger charge is -2.03. The lowest BCUT2D eigenvalue weighted by molar-refractivity contribution is -0.385. The van der Waals surface area contributed by atoms with Crippen LogP contribution in [0.5, 0.6) is 5.75 Å². The van der Waals surface area contributed by atoms with Crippen molar-refractivity contribution in [3.8, 4) is 17.1 Å². The molecule has 0 atom stereocenters. The standard InChI is InChI=1S/C19H13N5O4/c25-16-10-11(5-7-15(16)24(27)28)18-21-13-6-4-12(9-14(13)22-18)19(26)23-17-3-1-2-8-20-17/h1-10,25H,(H,21,22)(H,20,23,26). The summed E-state index contributed by atoms with van der Waals surface area (Å²) in [4.78, 5) is 34.1. The van der Waals surface area contributed by atoms with E-state index in [4.69, 9.17) is 0 Å². The number of carbonyl (C=O) groups excluding carboxylic acids is 1. The van der Waals surface area contributed by atoms with Crippen LogP contribution in [0.3, 0.4) is 0 Å². The number of amides is 1. The van der Waals surface area contributed by atoms with Gasteiger partial charge in [-0.3, -0.25) is 14.9 Å². The van der Waals surface area contributed by atoms with E-state index in [9.17, 15) is 20.0 Å². The molecule has 0 radical (unpaired) electrons. The van der Waals surface area contributed by atoms with Crippen LogP contribution < -0.4 is 5.32 Å². The number of aromatic nitrogens is 3. The number of pyridine rings is 1. The molecule has 3 N–H and O–H groups in total. The largest absolute Gasteiger partial charge is 0.502 e. The molecular weight excluding hydrogens is 362 g/mol. The topological polar surface area (TPSA) is 134 Å². The molecule has 2 aromatic carbocycles. The number of aromatic hydroxyl groups is 1. The summed E-state index contributed by atoms with van der Waals surface area (Å²) in [5, 5.41) is 23.3. The first-order valence-corrected chi connectivity index (χ1v) is 8.21. The van der Waals surface area contributed by atoms with Gasteiger partial charge < -0.3 is 15.4 Å². The van der Waals surface area contributed by atoms with Crippen molar-refractivity contribution >= 4 is 28.4 Å². The van der Waals surface area contributed by atoms with Crippen LogP contribution in [-0.4, -0.2) is 30.9 Å². The van der Waals surface area contributed by atoms with Crippen molar-refractivity contribution < 1.29 is 14.8 Å². The number of nitro groups is 1. The smallest absolute Gasteiger partial charge is 0.310 e. The fourth-order valence-corrected chi connectivity index (χ4v) is 2.74. The predicted octanol–water partition coefficient (Wildman–Crippen LogP) is 3.49. The fourth-order valence-electron chi connectivity index (χ4n) is 2.74. The van der Waals surface area contributed by atoms with E-state index in [-0.39, 0.29) is 11.6 Å². The van der Waals surface area contributed by atoms with Gasteiger partial charge in [-0.15, -0.1) is 0 Å². The van der Waals surface area contributed by atoms with Gasteiger partial charge in [-0.25, -0.2) is 9.97 Å². The van der Waals surface area contributed by atoms with Gasteiger partial charge in [0.25, 0.3) is 5.91 Å². The maximum Gasteiger partial charge on any atom is 0.310 e. The number of nitro benzene ring substituents is 1. The van der Waals surface area contributed by atoms with E-state index in [1.165, 1.54) is 18.2 Å². The SMILES string of the molecule is O=C(Nc1ccccn1)c1ccc2nc(-c3ccc([N+](=O)[O-])c(O)c3)[nH]c2c1. The van der Waals surface area contributed by atoms with E-state index in [0.29, 0.717) is 33.8 Å². The molecule has 9 nitrogen and oxygen atoms in total. The summed E-state index contributed by atoms with van der Waals surface area (Å²) in [5.74, 6) is 0.102. The highest BCUT2D eigenvalue weighted by atomic mass is 16.6. The predicted molar refractivity (Wildman–Crippen MR) is 102 cm³/mol. The molecule has 2 heterocycles. The zero-order valence-corrected chi connectivity index (χ0v) is 14.3. The number of nitrogens with one attached hydrogen (secondary N) is 2. The molecule has 0 saturated heterocycles. The highest BCUT2D eigenvalue weighted by molar-refractivity contribution is 6.05. The van der Waals surface area contributed by atoms with Crippen LogP contribution in [0, 0.1) is 10.1 Å². The number of imidazole rings is 1. The number of carbonyl (C=O) groups is 1. The third-order valence-electron chi connectivity index (χ3n) is 4.10. The average molecular weight is 375 g/mol. The van der Waals surface area contributed by atoms with E-state index in [2.05, 4.69) is 20.3 Å². The van der Waals surface area contributed by atoms with Crippen LogP contribution >= 0.6 is 0 Å². The third-order valence-corrected chi connectivity index (χ3v) is 4.10. The Morgan fingerprint density at radius 2 is 2.00 bits per heavy atom. The molecule has 0 saturated carbocycles. The molecule has 0 aliphatic rings. The Morgan fingerprint density at radius 1 is 1.14 bits per heavy atom. The number of hydrogen-bond donors (Lipinski definition) is 3. The van der Waals surface area contributed by atoms with Crippen LogP contribution in [0.2, 0.25) is 0 Å². The van der Waals surface area contributed by atoms with E-state index < -0.39 is 10.7 Å². The van der Waals surface area contributed by atoms with Crippen LogP contribution in [0.25, 0.3) is 22.4 Å². The summed E-state index contributed by atoms with van der Waals surface area (Å²) in [6.07, 6.45) is 1.58. The molecule has 0 bridgehead atoms. The molecule has 0 aliphatic carbocycles. The number of phenolic OH excluding ortho intramolecular Hbond substituents is 1. The Balaban J connectivity index is 1.64. The molecule has 0 fully saturated rings. The quantitative estimate of drug-likeness (QED) is 0.369. The molecule has 9 heteroatoms. The minimum atomic E-state index is -0.662. The first kappa shape index (κ1) is 17.2. The van der Waals surface area contributed by atoms with E-state index >= 15 is 0 Å². The lowest BCUT2D eigenvalue weighted by Crippen LogP contribution is -2.12. The number of phenols is 1. The number of aromatic amines is 1.